The van der Waals surface area contributed by atoms with Crippen LogP contribution in [0.1, 0.15) is 19.8 Å². The molecular formula is C7H12N4O. The second-order valence-corrected chi connectivity index (χ2v) is 2.45. The third kappa shape index (κ3) is 1.98. The van der Waals surface area contributed by atoms with Crippen LogP contribution in [0.3, 0.4) is 0 Å². The molecule has 1 amide bonds. The lowest BCUT2D eigenvalue weighted by Gasteiger charge is -2.04. The Kier molecular flexibility index (Phi) is 2.68. The second kappa shape index (κ2) is 3.75. The molecule has 1 heterocycles. The highest BCUT2D eigenvalue weighted by Crippen LogP contribution is 1.96. The zero-order valence-corrected chi connectivity index (χ0v) is 6.95. The molecule has 0 saturated carbocycles. The lowest BCUT2D eigenvalue weighted by Crippen LogP contribution is -2.24. The number of hydrogen-bond acceptors (Lipinski definition) is 3. The van der Waals surface area contributed by atoms with E-state index in [0.29, 0.717) is 12.2 Å². The van der Waals surface area contributed by atoms with E-state index in [0.717, 1.165) is 6.42 Å². The van der Waals surface area contributed by atoms with Crippen molar-refractivity contribution >= 4 is 11.7 Å². The third-order valence-corrected chi connectivity index (χ3v) is 1.38. The van der Waals surface area contributed by atoms with E-state index in [1.807, 2.05) is 6.92 Å². The fourth-order valence-electron chi connectivity index (χ4n) is 0.808. The Labute approximate surface area is 70.5 Å². The minimum Gasteiger partial charge on any atom is -0.382 e. The summed E-state index contributed by atoms with van der Waals surface area (Å²) in [7, 11) is 0. The van der Waals surface area contributed by atoms with Crippen molar-refractivity contribution in [3.05, 3.63) is 12.3 Å². The van der Waals surface area contributed by atoms with Gasteiger partial charge < -0.3 is 5.73 Å². The van der Waals surface area contributed by atoms with Crippen LogP contribution in [-0.2, 0) is 4.79 Å². The summed E-state index contributed by atoms with van der Waals surface area (Å²) in [4.78, 5) is 12.3. The van der Waals surface area contributed by atoms with Gasteiger partial charge >= 0.3 is 0 Å². The number of nitrogens with two attached hydrogens (primary N) is 1. The number of anilines is 1. The Morgan fingerprint density at radius 3 is 3.08 bits per heavy atom. The fraction of sp³-hybridized carbons (Fsp3) is 0.429. The Balaban J connectivity index is 2.52. The summed E-state index contributed by atoms with van der Waals surface area (Å²) in [5.41, 5.74) is 8.00. The third-order valence-electron chi connectivity index (χ3n) is 1.38. The van der Waals surface area contributed by atoms with Gasteiger partial charge in [-0.1, -0.05) is 6.92 Å². The van der Waals surface area contributed by atoms with E-state index in [1.165, 1.54) is 11.0 Å². The van der Waals surface area contributed by atoms with E-state index < -0.39 is 0 Å². The molecule has 0 aromatic carbocycles. The molecule has 0 bridgehead atoms. The molecule has 3 N–H and O–H groups in total. The summed E-state index contributed by atoms with van der Waals surface area (Å²) >= 11 is 0. The molecule has 0 atom stereocenters. The summed E-state index contributed by atoms with van der Waals surface area (Å²) in [5, 5.41) is 3.80. The molecule has 0 spiro atoms. The summed E-state index contributed by atoms with van der Waals surface area (Å²) in [6, 6.07) is 1.62. The first-order valence-corrected chi connectivity index (χ1v) is 3.83. The van der Waals surface area contributed by atoms with Crippen LogP contribution in [0.25, 0.3) is 0 Å². The van der Waals surface area contributed by atoms with Crippen molar-refractivity contribution in [1.29, 1.82) is 0 Å². The minimum atomic E-state index is -0.0760. The highest BCUT2D eigenvalue weighted by Gasteiger charge is 2.01. The lowest BCUT2D eigenvalue weighted by molar-refractivity contribution is -0.117. The van der Waals surface area contributed by atoms with Gasteiger partial charge in [0.1, 0.15) is 5.82 Å². The van der Waals surface area contributed by atoms with Gasteiger partial charge in [-0.3, -0.25) is 4.79 Å². The molecule has 1 rings (SSSR count). The molecule has 1 aromatic rings. The van der Waals surface area contributed by atoms with Crippen molar-refractivity contribution in [3.8, 4) is 0 Å². The number of nitrogens with one attached hydrogen (secondary N) is 1. The maximum Gasteiger partial charge on any atom is 0.240 e. The van der Waals surface area contributed by atoms with E-state index in [-0.39, 0.29) is 5.91 Å². The first kappa shape index (κ1) is 8.58. The molecule has 0 aliphatic heterocycles. The van der Waals surface area contributed by atoms with Crippen LogP contribution in [0.5, 0.6) is 0 Å². The average Bonchev–Trinajstić information content (AvgIpc) is 2.37. The van der Waals surface area contributed by atoms with Gasteiger partial charge in [-0.2, -0.15) is 9.89 Å². The van der Waals surface area contributed by atoms with Crippen LogP contribution in [0.15, 0.2) is 12.3 Å². The van der Waals surface area contributed by atoms with Crippen LogP contribution >= 0.6 is 0 Å². The molecule has 5 heteroatoms. The lowest BCUT2D eigenvalue weighted by atomic mass is 10.3. The molecule has 66 valence electrons. The highest BCUT2D eigenvalue weighted by atomic mass is 16.2. The maximum absolute atomic E-state index is 11.0. The number of nitrogens with zero attached hydrogens (tertiary/aromatic N) is 2. The van der Waals surface area contributed by atoms with Crippen LogP contribution in [0.4, 0.5) is 5.82 Å². The Bertz CT molecular complexity index is 268. The molecule has 0 aliphatic rings. The summed E-state index contributed by atoms with van der Waals surface area (Å²) < 4.78 is 0. The summed E-state index contributed by atoms with van der Waals surface area (Å²) in [5.74, 6) is 0.354. The monoisotopic (exact) mass is 168 g/mol. The molecule has 0 unspecified atom stereocenters. The average molecular weight is 168 g/mol. The molecule has 0 saturated heterocycles. The van der Waals surface area contributed by atoms with Crippen LogP contribution in [0.2, 0.25) is 0 Å². The Hall–Kier alpha value is -1.52. The van der Waals surface area contributed by atoms with Crippen LogP contribution in [0, 0.1) is 0 Å². The fourth-order valence-corrected chi connectivity index (χ4v) is 0.808. The van der Waals surface area contributed by atoms with Crippen molar-refractivity contribution < 1.29 is 4.79 Å². The van der Waals surface area contributed by atoms with E-state index >= 15 is 0 Å². The number of carbonyl (C=O) groups excluding carboxylic acids is 1. The van der Waals surface area contributed by atoms with Crippen molar-refractivity contribution in [2.24, 2.45) is 0 Å². The van der Waals surface area contributed by atoms with Gasteiger partial charge in [0.25, 0.3) is 0 Å². The second-order valence-electron chi connectivity index (χ2n) is 2.45. The first-order valence-electron chi connectivity index (χ1n) is 3.83. The molecular weight excluding hydrogens is 156 g/mol. The van der Waals surface area contributed by atoms with Gasteiger partial charge in [0, 0.05) is 12.5 Å². The van der Waals surface area contributed by atoms with E-state index in [1.54, 1.807) is 6.07 Å². The molecule has 1 aromatic heterocycles. The van der Waals surface area contributed by atoms with Crippen molar-refractivity contribution in [2.45, 2.75) is 19.8 Å². The van der Waals surface area contributed by atoms with Gasteiger partial charge in [-0.15, -0.1) is 0 Å². The van der Waals surface area contributed by atoms with Gasteiger partial charge in [-0.25, -0.2) is 5.43 Å². The van der Waals surface area contributed by atoms with E-state index in [9.17, 15) is 4.79 Å². The normalized spacial score (nSPS) is 9.75. The highest BCUT2D eigenvalue weighted by molar-refractivity contribution is 5.83. The Morgan fingerprint density at radius 2 is 2.58 bits per heavy atom. The molecule has 5 nitrogen and oxygen atoms in total. The first-order chi connectivity index (χ1) is 5.74. The largest absolute Gasteiger partial charge is 0.382 e. The number of nitrogen functional groups attached to an aromatic ring is 1. The zero-order chi connectivity index (χ0) is 8.97. The van der Waals surface area contributed by atoms with E-state index in [4.69, 9.17) is 5.73 Å². The van der Waals surface area contributed by atoms with Gasteiger partial charge in [0.15, 0.2) is 0 Å². The van der Waals surface area contributed by atoms with Gasteiger partial charge in [0.05, 0.1) is 6.20 Å². The predicted octanol–water partition coefficient (Wildman–Crippen LogP) is 0.335. The minimum absolute atomic E-state index is 0.0760. The Morgan fingerprint density at radius 1 is 1.83 bits per heavy atom. The van der Waals surface area contributed by atoms with Crippen LogP contribution < -0.4 is 11.2 Å². The smallest absolute Gasteiger partial charge is 0.240 e. The summed E-state index contributed by atoms with van der Waals surface area (Å²) in [6.45, 7) is 1.94. The number of amides is 1. The quantitative estimate of drug-likeness (QED) is 0.683. The zero-order valence-electron chi connectivity index (χ0n) is 6.95. The number of rotatable bonds is 3. The number of hydrogen-bond donors (Lipinski definition) is 2. The van der Waals surface area contributed by atoms with E-state index in [2.05, 4.69) is 10.5 Å². The van der Waals surface area contributed by atoms with Crippen LogP contribution in [-0.4, -0.2) is 15.8 Å². The van der Waals surface area contributed by atoms with Gasteiger partial charge in [0.2, 0.25) is 5.91 Å². The molecule has 0 aliphatic carbocycles. The number of aromatic nitrogens is 2. The molecule has 12 heavy (non-hydrogen) atoms. The maximum atomic E-state index is 11.0. The summed E-state index contributed by atoms with van der Waals surface area (Å²) in [6.07, 6.45) is 2.83. The SMILES string of the molecule is CCCC(=O)Nn1nccc1N. The molecule has 0 radical (unpaired) electrons. The van der Waals surface area contributed by atoms with Crippen molar-refractivity contribution in [2.75, 3.05) is 11.2 Å². The topological polar surface area (TPSA) is 72.9 Å². The van der Waals surface area contributed by atoms with Crippen molar-refractivity contribution in [1.82, 2.24) is 9.89 Å². The number of carbonyl (C=O) groups is 1. The standard InChI is InChI=1S/C7H12N4O/c1-2-3-7(12)10-11-6(8)4-5-9-11/h4-5H,2-3,8H2,1H3,(H,10,12). The predicted molar refractivity (Wildman–Crippen MR) is 45.9 cm³/mol. The van der Waals surface area contributed by atoms with Gasteiger partial charge in [-0.05, 0) is 6.42 Å². The molecule has 0 fully saturated rings. The van der Waals surface area contributed by atoms with Crippen molar-refractivity contribution in [3.63, 3.8) is 0 Å².